The molecule has 1 fully saturated rings. The summed E-state index contributed by atoms with van der Waals surface area (Å²) < 4.78 is 0. The SMILES string of the molecule is c1ccc2c(c1)CCN2c1ncc(CNC2CC2)cn1. The van der Waals surface area contributed by atoms with Crippen LogP contribution in [0.2, 0.25) is 0 Å². The molecular weight excluding hydrogens is 248 g/mol. The first-order valence-corrected chi connectivity index (χ1v) is 7.30. The Hall–Kier alpha value is -1.94. The van der Waals surface area contributed by atoms with E-state index in [0.29, 0.717) is 0 Å². The molecule has 102 valence electrons. The number of para-hydroxylation sites is 1. The lowest BCUT2D eigenvalue weighted by Crippen LogP contribution is -2.18. The molecule has 4 rings (SSSR count). The minimum atomic E-state index is 0.722. The average Bonchev–Trinajstić information content (AvgIpc) is 3.23. The Morgan fingerprint density at radius 1 is 1.15 bits per heavy atom. The fourth-order valence-electron chi connectivity index (χ4n) is 2.67. The van der Waals surface area contributed by atoms with Crippen LogP contribution in [-0.2, 0) is 13.0 Å². The van der Waals surface area contributed by atoms with Gasteiger partial charge in [-0.2, -0.15) is 0 Å². The van der Waals surface area contributed by atoms with Crippen LogP contribution in [0.4, 0.5) is 11.6 Å². The van der Waals surface area contributed by atoms with E-state index < -0.39 is 0 Å². The molecule has 0 bridgehead atoms. The third-order valence-electron chi connectivity index (χ3n) is 3.99. The van der Waals surface area contributed by atoms with Gasteiger partial charge in [-0.05, 0) is 30.9 Å². The molecule has 0 unspecified atom stereocenters. The Morgan fingerprint density at radius 3 is 2.75 bits per heavy atom. The molecule has 1 aromatic carbocycles. The van der Waals surface area contributed by atoms with Crippen molar-refractivity contribution >= 4 is 11.6 Å². The molecule has 0 atom stereocenters. The van der Waals surface area contributed by atoms with Gasteiger partial charge in [-0.1, -0.05) is 18.2 Å². The number of rotatable bonds is 4. The molecule has 4 nitrogen and oxygen atoms in total. The summed E-state index contributed by atoms with van der Waals surface area (Å²) in [5, 5.41) is 3.48. The first kappa shape index (κ1) is 11.9. The van der Waals surface area contributed by atoms with Crippen molar-refractivity contribution in [1.82, 2.24) is 15.3 Å². The summed E-state index contributed by atoms with van der Waals surface area (Å²) in [7, 11) is 0. The predicted octanol–water partition coefficient (Wildman–Crippen LogP) is 2.42. The van der Waals surface area contributed by atoms with Gasteiger partial charge in [0.25, 0.3) is 0 Å². The third-order valence-corrected chi connectivity index (χ3v) is 3.99. The van der Waals surface area contributed by atoms with E-state index in [4.69, 9.17) is 0 Å². The van der Waals surface area contributed by atoms with Gasteiger partial charge in [0.1, 0.15) is 0 Å². The van der Waals surface area contributed by atoms with Crippen LogP contribution in [-0.4, -0.2) is 22.6 Å². The molecule has 0 radical (unpaired) electrons. The molecule has 0 spiro atoms. The van der Waals surface area contributed by atoms with E-state index in [1.54, 1.807) is 0 Å². The predicted molar refractivity (Wildman–Crippen MR) is 79.0 cm³/mol. The van der Waals surface area contributed by atoms with Crippen molar-refractivity contribution in [1.29, 1.82) is 0 Å². The normalized spacial score (nSPS) is 17.3. The lowest BCUT2D eigenvalue weighted by atomic mass is 10.2. The second-order valence-corrected chi connectivity index (χ2v) is 5.58. The Bertz CT molecular complexity index is 604. The van der Waals surface area contributed by atoms with Crippen molar-refractivity contribution in [3.05, 3.63) is 47.8 Å². The van der Waals surface area contributed by atoms with Gasteiger partial charge in [0.15, 0.2) is 0 Å². The molecule has 0 amide bonds. The van der Waals surface area contributed by atoms with Crippen molar-refractivity contribution in [2.75, 3.05) is 11.4 Å². The van der Waals surface area contributed by atoms with E-state index in [2.05, 4.69) is 44.5 Å². The molecule has 1 aliphatic carbocycles. The first-order chi connectivity index (χ1) is 9.90. The summed E-state index contributed by atoms with van der Waals surface area (Å²) in [6.07, 6.45) is 7.58. The number of hydrogen-bond donors (Lipinski definition) is 1. The second kappa shape index (κ2) is 4.87. The van der Waals surface area contributed by atoms with E-state index in [0.717, 1.165) is 37.1 Å². The van der Waals surface area contributed by atoms with Gasteiger partial charge in [-0.3, -0.25) is 0 Å². The van der Waals surface area contributed by atoms with Crippen LogP contribution in [0.3, 0.4) is 0 Å². The first-order valence-electron chi connectivity index (χ1n) is 7.30. The molecule has 2 aromatic rings. The molecular formula is C16H18N4. The average molecular weight is 266 g/mol. The highest BCUT2D eigenvalue weighted by Gasteiger charge is 2.22. The molecule has 2 heterocycles. The molecule has 20 heavy (non-hydrogen) atoms. The summed E-state index contributed by atoms with van der Waals surface area (Å²) in [5.74, 6) is 0.810. The number of fused-ring (bicyclic) bond motifs is 1. The largest absolute Gasteiger partial charge is 0.310 e. The van der Waals surface area contributed by atoms with Crippen LogP contribution in [0.15, 0.2) is 36.7 Å². The van der Waals surface area contributed by atoms with E-state index in [9.17, 15) is 0 Å². The highest BCUT2D eigenvalue weighted by Crippen LogP contribution is 2.31. The van der Waals surface area contributed by atoms with Gasteiger partial charge in [0.2, 0.25) is 5.95 Å². The minimum absolute atomic E-state index is 0.722. The van der Waals surface area contributed by atoms with Crippen LogP contribution in [0, 0.1) is 0 Å². The van der Waals surface area contributed by atoms with E-state index in [-0.39, 0.29) is 0 Å². The van der Waals surface area contributed by atoms with Crippen LogP contribution >= 0.6 is 0 Å². The van der Waals surface area contributed by atoms with Gasteiger partial charge < -0.3 is 10.2 Å². The van der Waals surface area contributed by atoms with Gasteiger partial charge in [0.05, 0.1) is 0 Å². The third kappa shape index (κ3) is 2.27. The monoisotopic (exact) mass is 266 g/mol. The Balaban J connectivity index is 1.51. The minimum Gasteiger partial charge on any atom is -0.310 e. The molecule has 1 aromatic heterocycles. The number of benzene rings is 1. The van der Waals surface area contributed by atoms with Crippen molar-refractivity contribution in [3.63, 3.8) is 0 Å². The molecule has 1 aliphatic heterocycles. The molecule has 1 N–H and O–H groups in total. The summed E-state index contributed by atoms with van der Waals surface area (Å²) in [4.78, 5) is 11.3. The summed E-state index contributed by atoms with van der Waals surface area (Å²) in [6, 6.07) is 9.22. The van der Waals surface area contributed by atoms with Crippen LogP contribution < -0.4 is 10.2 Å². The maximum atomic E-state index is 4.53. The zero-order chi connectivity index (χ0) is 13.4. The van der Waals surface area contributed by atoms with Gasteiger partial charge in [0, 0.05) is 42.8 Å². The fourth-order valence-corrected chi connectivity index (χ4v) is 2.67. The zero-order valence-corrected chi connectivity index (χ0v) is 11.4. The highest BCUT2D eigenvalue weighted by atomic mass is 15.3. The summed E-state index contributed by atoms with van der Waals surface area (Å²) in [6.45, 7) is 1.85. The number of nitrogens with zero attached hydrogens (tertiary/aromatic N) is 3. The van der Waals surface area contributed by atoms with Crippen LogP contribution in [0.25, 0.3) is 0 Å². The topological polar surface area (TPSA) is 41.1 Å². The quantitative estimate of drug-likeness (QED) is 0.922. The number of aromatic nitrogens is 2. The molecule has 0 saturated heterocycles. The smallest absolute Gasteiger partial charge is 0.229 e. The maximum absolute atomic E-state index is 4.53. The highest BCUT2D eigenvalue weighted by molar-refractivity contribution is 5.65. The molecule has 2 aliphatic rings. The summed E-state index contributed by atoms with van der Waals surface area (Å²) >= 11 is 0. The standard InChI is InChI=1S/C16H18N4/c1-2-4-15-13(3-1)7-8-20(15)16-18-10-12(11-19-16)9-17-14-5-6-14/h1-4,10-11,14,17H,5-9H2. The van der Waals surface area contributed by atoms with Gasteiger partial charge >= 0.3 is 0 Å². The summed E-state index contributed by atoms with van der Waals surface area (Å²) in [5.41, 5.74) is 3.79. The zero-order valence-electron chi connectivity index (χ0n) is 11.4. The van der Waals surface area contributed by atoms with Crippen LogP contribution in [0.5, 0.6) is 0 Å². The van der Waals surface area contributed by atoms with Crippen molar-refractivity contribution in [2.45, 2.75) is 31.8 Å². The van der Waals surface area contributed by atoms with Crippen molar-refractivity contribution in [2.24, 2.45) is 0 Å². The van der Waals surface area contributed by atoms with E-state index in [1.807, 2.05) is 12.4 Å². The Morgan fingerprint density at radius 2 is 1.95 bits per heavy atom. The molecule has 4 heteroatoms. The Kier molecular flexibility index (Phi) is 2.89. The lowest BCUT2D eigenvalue weighted by Gasteiger charge is -2.17. The van der Waals surface area contributed by atoms with Crippen molar-refractivity contribution in [3.8, 4) is 0 Å². The van der Waals surface area contributed by atoms with Gasteiger partial charge in [-0.25, -0.2) is 9.97 Å². The van der Waals surface area contributed by atoms with E-state index >= 15 is 0 Å². The number of anilines is 2. The Labute approximate surface area is 118 Å². The maximum Gasteiger partial charge on any atom is 0.229 e. The van der Waals surface area contributed by atoms with Gasteiger partial charge in [-0.15, -0.1) is 0 Å². The van der Waals surface area contributed by atoms with Crippen LogP contribution in [0.1, 0.15) is 24.0 Å². The number of nitrogens with one attached hydrogen (secondary N) is 1. The van der Waals surface area contributed by atoms with Crippen molar-refractivity contribution < 1.29 is 0 Å². The molecule has 1 saturated carbocycles. The lowest BCUT2D eigenvalue weighted by molar-refractivity contribution is 0.683. The fraction of sp³-hybridized carbons (Fsp3) is 0.375. The second-order valence-electron chi connectivity index (χ2n) is 5.58. The van der Waals surface area contributed by atoms with E-state index in [1.165, 1.54) is 24.1 Å². The number of hydrogen-bond acceptors (Lipinski definition) is 4.